The van der Waals surface area contributed by atoms with E-state index >= 15 is 0 Å². The summed E-state index contributed by atoms with van der Waals surface area (Å²) in [5.41, 5.74) is 4.42. The summed E-state index contributed by atoms with van der Waals surface area (Å²) in [7, 11) is 0. The van der Waals surface area contributed by atoms with Crippen molar-refractivity contribution in [2.75, 3.05) is 26.2 Å². The number of benzene rings is 2. The summed E-state index contributed by atoms with van der Waals surface area (Å²) in [5, 5.41) is 14.1. The molecule has 0 aromatic heterocycles. The molecule has 2 aliphatic rings. The van der Waals surface area contributed by atoms with Crippen molar-refractivity contribution in [3.63, 3.8) is 0 Å². The first-order valence-corrected chi connectivity index (χ1v) is 11.3. The minimum absolute atomic E-state index is 0.0867. The third kappa shape index (κ3) is 5.03. The number of nitrogens with zero attached hydrogens (tertiary/aromatic N) is 1. The van der Waals surface area contributed by atoms with Gasteiger partial charge in [0.05, 0.1) is 6.54 Å². The Bertz CT molecular complexity index is 1060. The van der Waals surface area contributed by atoms with E-state index in [1.54, 1.807) is 0 Å². The van der Waals surface area contributed by atoms with Gasteiger partial charge in [0.25, 0.3) is 0 Å². The first-order valence-electron chi connectivity index (χ1n) is 11.3. The summed E-state index contributed by atoms with van der Waals surface area (Å²) in [5.74, 6) is -2.15. The molecule has 2 aromatic rings. The second-order valence-corrected chi connectivity index (χ2v) is 8.39. The average Bonchev–Trinajstić information content (AvgIpc) is 3.18. The highest BCUT2D eigenvalue weighted by Gasteiger charge is 2.32. The molecule has 9 nitrogen and oxygen atoms in total. The van der Waals surface area contributed by atoms with Gasteiger partial charge in [-0.15, -0.1) is 0 Å². The fraction of sp³-hybridized carbons (Fsp3) is 0.360. The number of likely N-dealkylation sites (tertiary alicyclic amines) is 1. The SMILES string of the molecule is O=C(CNC(=O)OCC1c2ccccc2-c2ccccc21)NCC(=O)N1CCCCC1C(=O)O. The molecule has 178 valence electrons. The van der Waals surface area contributed by atoms with Crippen LogP contribution in [0.15, 0.2) is 48.5 Å². The molecule has 1 aliphatic heterocycles. The maximum atomic E-state index is 12.3. The Hall–Kier alpha value is -3.88. The average molecular weight is 466 g/mol. The Balaban J connectivity index is 1.23. The first-order chi connectivity index (χ1) is 16.5. The number of carbonyl (C=O) groups excluding carboxylic acids is 3. The summed E-state index contributed by atoms with van der Waals surface area (Å²) in [6, 6.07) is 15.1. The number of alkyl carbamates (subject to hydrolysis) is 1. The molecule has 0 radical (unpaired) electrons. The van der Waals surface area contributed by atoms with Crippen LogP contribution in [-0.2, 0) is 19.1 Å². The van der Waals surface area contributed by atoms with Crippen LogP contribution in [-0.4, -0.2) is 66.2 Å². The van der Waals surface area contributed by atoms with Gasteiger partial charge in [0.1, 0.15) is 19.2 Å². The van der Waals surface area contributed by atoms with Gasteiger partial charge in [0, 0.05) is 12.5 Å². The van der Waals surface area contributed by atoms with E-state index in [0.717, 1.165) is 35.1 Å². The van der Waals surface area contributed by atoms with E-state index in [0.29, 0.717) is 13.0 Å². The van der Waals surface area contributed by atoms with Gasteiger partial charge in [-0.25, -0.2) is 9.59 Å². The molecule has 0 saturated carbocycles. The van der Waals surface area contributed by atoms with Gasteiger partial charge in [-0.05, 0) is 41.5 Å². The van der Waals surface area contributed by atoms with Crippen molar-refractivity contribution in [2.24, 2.45) is 0 Å². The number of amides is 3. The molecule has 1 unspecified atom stereocenters. The van der Waals surface area contributed by atoms with Crippen LogP contribution in [0.5, 0.6) is 0 Å². The van der Waals surface area contributed by atoms with Gasteiger partial charge in [-0.1, -0.05) is 48.5 Å². The molecule has 1 saturated heterocycles. The molecule has 2 aromatic carbocycles. The maximum absolute atomic E-state index is 12.3. The number of carboxylic acids is 1. The van der Waals surface area contributed by atoms with Crippen molar-refractivity contribution in [3.05, 3.63) is 59.7 Å². The molecule has 9 heteroatoms. The fourth-order valence-corrected chi connectivity index (χ4v) is 4.63. The van der Waals surface area contributed by atoms with Crippen LogP contribution in [0.25, 0.3) is 11.1 Å². The zero-order chi connectivity index (χ0) is 24.1. The number of aliphatic carboxylic acids is 1. The highest BCUT2D eigenvalue weighted by molar-refractivity contribution is 5.89. The van der Waals surface area contributed by atoms with Crippen molar-refractivity contribution in [3.8, 4) is 11.1 Å². The lowest BCUT2D eigenvalue weighted by Gasteiger charge is -2.33. The van der Waals surface area contributed by atoms with Gasteiger partial charge >= 0.3 is 12.1 Å². The third-order valence-electron chi connectivity index (χ3n) is 6.28. The smallest absolute Gasteiger partial charge is 0.407 e. The van der Waals surface area contributed by atoms with Crippen molar-refractivity contribution in [1.82, 2.24) is 15.5 Å². The number of carbonyl (C=O) groups is 4. The number of nitrogens with one attached hydrogen (secondary N) is 2. The lowest BCUT2D eigenvalue weighted by atomic mass is 9.98. The first kappa shape index (κ1) is 23.3. The van der Waals surface area contributed by atoms with Crippen LogP contribution >= 0.6 is 0 Å². The summed E-state index contributed by atoms with van der Waals surface area (Å²) < 4.78 is 5.38. The van der Waals surface area contributed by atoms with E-state index in [-0.39, 0.29) is 25.6 Å². The zero-order valence-electron chi connectivity index (χ0n) is 18.7. The highest BCUT2D eigenvalue weighted by atomic mass is 16.5. The molecular weight excluding hydrogens is 438 g/mol. The molecule has 4 rings (SSSR count). The van der Waals surface area contributed by atoms with Crippen molar-refractivity contribution >= 4 is 23.9 Å². The minimum atomic E-state index is -1.05. The number of hydrogen-bond acceptors (Lipinski definition) is 5. The van der Waals surface area contributed by atoms with Crippen LogP contribution in [0.2, 0.25) is 0 Å². The van der Waals surface area contributed by atoms with E-state index in [9.17, 15) is 24.3 Å². The van der Waals surface area contributed by atoms with E-state index in [2.05, 4.69) is 10.6 Å². The molecule has 34 heavy (non-hydrogen) atoms. The van der Waals surface area contributed by atoms with Crippen LogP contribution in [0.3, 0.4) is 0 Å². The van der Waals surface area contributed by atoms with Crippen LogP contribution in [0.1, 0.15) is 36.3 Å². The largest absolute Gasteiger partial charge is 0.480 e. The van der Waals surface area contributed by atoms with Crippen molar-refractivity contribution in [1.29, 1.82) is 0 Å². The molecule has 1 heterocycles. The van der Waals surface area contributed by atoms with Crippen molar-refractivity contribution < 1.29 is 29.0 Å². The number of hydrogen-bond donors (Lipinski definition) is 3. The lowest BCUT2D eigenvalue weighted by molar-refractivity contribution is -0.151. The summed E-state index contributed by atoms with van der Waals surface area (Å²) in [6.07, 6.45) is 1.15. The molecule has 1 aliphatic carbocycles. The molecule has 3 N–H and O–H groups in total. The Kier molecular flexibility index (Phi) is 7.10. The van der Waals surface area contributed by atoms with Crippen LogP contribution < -0.4 is 10.6 Å². The van der Waals surface area contributed by atoms with Gasteiger partial charge in [0.15, 0.2) is 0 Å². The maximum Gasteiger partial charge on any atom is 0.407 e. The fourth-order valence-electron chi connectivity index (χ4n) is 4.63. The topological polar surface area (TPSA) is 125 Å². The zero-order valence-corrected chi connectivity index (χ0v) is 18.7. The number of ether oxygens (including phenoxy) is 1. The standard InChI is InChI=1S/C25H27N3O6/c29-22(26-14-23(30)28-12-6-5-11-21(28)24(31)32)13-27-25(33)34-15-20-18-9-3-1-7-16(18)17-8-2-4-10-19(17)20/h1-4,7-10,20-21H,5-6,11-15H2,(H,26,29)(H,27,33)(H,31,32). The van der Waals surface area contributed by atoms with E-state index < -0.39 is 29.9 Å². The monoisotopic (exact) mass is 465 g/mol. The number of carboxylic acid groups (broad SMARTS) is 1. The summed E-state index contributed by atoms with van der Waals surface area (Å²) in [6.45, 7) is -0.198. The minimum Gasteiger partial charge on any atom is -0.480 e. The predicted molar refractivity (Wildman–Crippen MR) is 123 cm³/mol. The van der Waals surface area contributed by atoms with Gasteiger partial charge < -0.3 is 25.4 Å². The Morgan fingerprint density at radius 3 is 2.21 bits per heavy atom. The van der Waals surface area contributed by atoms with E-state index in [1.165, 1.54) is 4.90 Å². The number of fused-ring (bicyclic) bond motifs is 3. The Morgan fingerprint density at radius 2 is 1.56 bits per heavy atom. The Morgan fingerprint density at radius 1 is 0.912 bits per heavy atom. The summed E-state index contributed by atoms with van der Waals surface area (Å²) >= 11 is 0. The van der Waals surface area contributed by atoms with Crippen molar-refractivity contribution in [2.45, 2.75) is 31.2 Å². The quantitative estimate of drug-likeness (QED) is 0.575. The number of rotatable bonds is 7. The molecule has 0 spiro atoms. The second kappa shape index (κ2) is 10.4. The second-order valence-electron chi connectivity index (χ2n) is 8.39. The Labute approximate surface area is 197 Å². The molecule has 1 atom stereocenters. The van der Waals surface area contributed by atoms with E-state index in [4.69, 9.17) is 4.74 Å². The summed E-state index contributed by atoms with van der Waals surface area (Å²) in [4.78, 5) is 49.2. The van der Waals surface area contributed by atoms with Gasteiger partial charge in [-0.2, -0.15) is 0 Å². The highest BCUT2D eigenvalue weighted by Crippen LogP contribution is 2.44. The lowest BCUT2D eigenvalue weighted by Crippen LogP contribution is -2.51. The predicted octanol–water partition coefficient (Wildman–Crippen LogP) is 2.11. The molecule has 3 amide bonds. The number of piperidine rings is 1. The molecular formula is C25H27N3O6. The molecule has 0 bridgehead atoms. The van der Waals surface area contributed by atoms with E-state index in [1.807, 2.05) is 48.5 Å². The van der Waals surface area contributed by atoms with Gasteiger partial charge in [0.2, 0.25) is 11.8 Å². The normalized spacial score (nSPS) is 16.8. The third-order valence-corrected chi connectivity index (χ3v) is 6.28. The van der Waals surface area contributed by atoms with Crippen LogP contribution in [0.4, 0.5) is 4.79 Å². The molecule has 1 fully saturated rings. The van der Waals surface area contributed by atoms with Crippen LogP contribution in [0, 0.1) is 0 Å². The van der Waals surface area contributed by atoms with Gasteiger partial charge in [-0.3, -0.25) is 9.59 Å².